The summed E-state index contributed by atoms with van der Waals surface area (Å²) in [5.74, 6) is -2.10. The van der Waals surface area contributed by atoms with Crippen LogP contribution < -0.4 is 21.3 Å². The minimum absolute atomic E-state index is 0.0513. The van der Waals surface area contributed by atoms with E-state index in [1.165, 1.54) is 6.42 Å². The van der Waals surface area contributed by atoms with E-state index in [0.717, 1.165) is 148 Å². The van der Waals surface area contributed by atoms with Gasteiger partial charge in [-0.05, 0) is 89.9 Å². The number of carbonyl (C=O) groups excluding carboxylic acids is 5. The fraction of sp³-hybridized carbons (Fsp3) is 0.762. The van der Waals surface area contributed by atoms with Gasteiger partial charge < -0.3 is 31.2 Å². The number of allylic oxidation sites excluding steroid dienone is 4. The molecule has 0 spiro atoms. The summed E-state index contributed by atoms with van der Waals surface area (Å²) in [5, 5.41) is 20.6. The smallest absolute Gasteiger partial charge is 0.333 e. The van der Waals surface area contributed by atoms with Crippen LogP contribution in [0, 0.1) is 0 Å². The van der Waals surface area contributed by atoms with E-state index < -0.39 is 23.8 Å². The van der Waals surface area contributed by atoms with E-state index in [1.54, 1.807) is 0 Å². The summed E-state index contributed by atoms with van der Waals surface area (Å²) < 4.78 is 0. The molecule has 0 bridgehead atoms. The summed E-state index contributed by atoms with van der Waals surface area (Å²) >= 11 is 0. The molecule has 0 atom stereocenters. The van der Waals surface area contributed by atoms with Crippen molar-refractivity contribution in [2.45, 2.75) is 181 Å². The molecule has 1 aliphatic heterocycles. The van der Waals surface area contributed by atoms with Gasteiger partial charge in [0.2, 0.25) is 0 Å². The minimum Gasteiger partial charge on any atom is -0.481 e. The molecule has 1 rings (SSSR count). The van der Waals surface area contributed by atoms with Crippen LogP contribution in [0.25, 0.3) is 0 Å². The van der Waals surface area contributed by atoms with Crippen LogP contribution in [-0.4, -0.2) is 72.2 Å². The Balaban J connectivity index is 0.00000110. The molecule has 0 aliphatic carbocycles. The number of rotatable bonds is 33. The molecule has 0 aromatic rings. The third-order valence-corrected chi connectivity index (χ3v) is 8.84. The lowest BCUT2D eigenvalue weighted by atomic mass is 10.1. The normalized spacial score (nSPS) is 12.5. The number of unbranched alkanes of at least 4 members (excludes halogenated alkanes) is 16. The van der Waals surface area contributed by atoms with Crippen LogP contribution in [-0.2, 0) is 24.0 Å². The average molecular weight is 778 g/mol. The molecule has 0 aromatic heterocycles. The van der Waals surface area contributed by atoms with Gasteiger partial charge in [-0.15, -0.1) is 5.06 Å². The lowest BCUT2D eigenvalue weighted by Crippen LogP contribution is -2.36. The fourth-order valence-electron chi connectivity index (χ4n) is 5.51. The maximum Gasteiger partial charge on any atom is 0.333 e. The number of hydrogen-bond donors (Lipinski definition) is 5. The van der Waals surface area contributed by atoms with Crippen LogP contribution in [0.4, 0.5) is 9.59 Å². The first-order valence-electron chi connectivity index (χ1n) is 21.3. The molecule has 1 fully saturated rings. The van der Waals surface area contributed by atoms with Gasteiger partial charge in [0, 0.05) is 51.9 Å². The first-order chi connectivity index (χ1) is 26.7. The SMILES string of the molecule is CCCCCNC(=O)NCCCC/C=C\CCCCCCC(=O)O.CCCCCNC(=O)NCCCC/C=C\CCCCCCC(=O)ON1C(=O)CCC1=O. The van der Waals surface area contributed by atoms with Gasteiger partial charge in [0.15, 0.2) is 0 Å². The monoisotopic (exact) mass is 778 g/mol. The van der Waals surface area contributed by atoms with Gasteiger partial charge in [-0.1, -0.05) is 89.5 Å². The molecule has 0 radical (unpaired) electrons. The number of carboxylic acid groups (broad SMARTS) is 1. The number of urea groups is 2. The van der Waals surface area contributed by atoms with Gasteiger partial charge in [0.1, 0.15) is 0 Å². The first-order valence-corrected chi connectivity index (χ1v) is 21.3. The average Bonchev–Trinajstić information content (AvgIpc) is 3.47. The number of hydrogen-bond acceptors (Lipinski definition) is 7. The zero-order chi connectivity index (χ0) is 40.6. The maximum atomic E-state index is 11.7. The molecule has 5 N–H and O–H groups in total. The standard InChI is InChI=1S/C23H39N3O5.C19H36N2O3/c1-2-3-13-18-24-23(30)25-19-14-11-9-7-5-4-6-8-10-12-15-22(29)31-26-20(27)16-17-21(26)28;1-2-3-13-16-20-19(24)21-17-14-11-9-7-5-4-6-8-10-12-15-18(22)23/h5,7H,2-4,6,8-19H2,1H3,(H2,24,25,30);5,7H,2-4,6,8-17H2,1H3,(H,22,23)(H2,20,21,24)/b2*7-5-. The molecular formula is C42H75N5O8. The van der Waals surface area contributed by atoms with Gasteiger partial charge in [0.25, 0.3) is 11.8 Å². The summed E-state index contributed by atoms with van der Waals surface area (Å²) in [6.07, 6.45) is 32.3. The van der Waals surface area contributed by atoms with Crippen molar-refractivity contribution in [3.8, 4) is 0 Å². The maximum absolute atomic E-state index is 11.7. The summed E-state index contributed by atoms with van der Waals surface area (Å²) in [7, 11) is 0. The Kier molecular flexibility index (Phi) is 35.7. The summed E-state index contributed by atoms with van der Waals surface area (Å²) in [6.45, 7) is 7.23. The molecule has 1 heterocycles. The molecule has 0 aromatic carbocycles. The molecule has 6 amide bonds. The van der Waals surface area contributed by atoms with Crippen molar-refractivity contribution in [2.24, 2.45) is 0 Å². The zero-order valence-corrected chi connectivity index (χ0v) is 34.3. The molecule has 1 aliphatic rings. The Labute approximate surface area is 331 Å². The highest BCUT2D eigenvalue weighted by atomic mass is 16.7. The highest BCUT2D eigenvalue weighted by Gasteiger charge is 2.32. The third-order valence-electron chi connectivity index (χ3n) is 8.84. The van der Waals surface area contributed by atoms with E-state index >= 15 is 0 Å². The number of nitrogens with one attached hydrogen (secondary N) is 4. The predicted octanol–water partition coefficient (Wildman–Crippen LogP) is 8.78. The second-order valence-corrected chi connectivity index (χ2v) is 14.1. The van der Waals surface area contributed by atoms with Crippen molar-refractivity contribution in [2.75, 3.05) is 26.2 Å². The Hall–Kier alpha value is -3.90. The van der Waals surface area contributed by atoms with E-state index in [4.69, 9.17) is 9.94 Å². The Bertz CT molecular complexity index is 1080. The van der Waals surface area contributed by atoms with Crippen LogP contribution in [0.15, 0.2) is 24.3 Å². The number of amides is 6. The highest BCUT2D eigenvalue weighted by molar-refractivity contribution is 6.01. The van der Waals surface area contributed by atoms with Crippen molar-refractivity contribution < 1.29 is 38.7 Å². The predicted molar refractivity (Wildman–Crippen MR) is 218 cm³/mol. The molecule has 0 saturated carbocycles. The van der Waals surface area contributed by atoms with E-state index in [0.29, 0.717) is 24.4 Å². The molecule has 13 heteroatoms. The summed E-state index contributed by atoms with van der Waals surface area (Å²) in [6, 6.07) is -0.123. The third kappa shape index (κ3) is 35.6. The van der Waals surface area contributed by atoms with Gasteiger partial charge in [-0.3, -0.25) is 14.4 Å². The molecule has 316 valence electrons. The Morgan fingerprint density at radius 2 is 0.873 bits per heavy atom. The van der Waals surface area contributed by atoms with E-state index in [9.17, 15) is 28.8 Å². The molecular weight excluding hydrogens is 702 g/mol. The summed E-state index contributed by atoms with van der Waals surface area (Å²) in [5.41, 5.74) is 0. The van der Waals surface area contributed by atoms with E-state index in [-0.39, 0.29) is 31.3 Å². The fourth-order valence-corrected chi connectivity index (χ4v) is 5.51. The van der Waals surface area contributed by atoms with Crippen LogP contribution in [0.5, 0.6) is 0 Å². The first kappa shape index (κ1) is 51.1. The molecule has 55 heavy (non-hydrogen) atoms. The topological polar surface area (TPSA) is 183 Å². The van der Waals surface area contributed by atoms with Gasteiger partial charge >= 0.3 is 24.0 Å². The van der Waals surface area contributed by atoms with E-state index in [1.807, 2.05) is 0 Å². The van der Waals surface area contributed by atoms with Gasteiger partial charge in [0.05, 0.1) is 0 Å². The molecule has 0 unspecified atom stereocenters. The Morgan fingerprint density at radius 3 is 1.25 bits per heavy atom. The summed E-state index contributed by atoms with van der Waals surface area (Å²) in [4.78, 5) is 72.6. The number of aliphatic carboxylic acids is 1. The second-order valence-electron chi connectivity index (χ2n) is 14.1. The lowest BCUT2D eigenvalue weighted by Gasteiger charge is -2.12. The van der Waals surface area contributed by atoms with Gasteiger partial charge in [-0.2, -0.15) is 0 Å². The number of imide groups is 1. The molecule has 13 nitrogen and oxygen atoms in total. The number of carbonyl (C=O) groups is 6. The van der Waals surface area contributed by atoms with Crippen LogP contribution in [0.2, 0.25) is 0 Å². The number of nitrogens with zero attached hydrogens (tertiary/aromatic N) is 1. The van der Waals surface area contributed by atoms with Crippen LogP contribution >= 0.6 is 0 Å². The quantitative estimate of drug-likeness (QED) is 0.0249. The van der Waals surface area contributed by atoms with Crippen LogP contribution in [0.3, 0.4) is 0 Å². The number of hydroxylamine groups is 2. The zero-order valence-electron chi connectivity index (χ0n) is 34.3. The Morgan fingerprint density at radius 1 is 0.527 bits per heavy atom. The van der Waals surface area contributed by atoms with Crippen LogP contribution in [0.1, 0.15) is 181 Å². The van der Waals surface area contributed by atoms with Gasteiger partial charge in [-0.25, -0.2) is 14.4 Å². The highest BCUT2D eigenvalue weighted by Crippen LogP contribution is 2.14. The number of carboxylic acids is 1. The second kappa shape index (κ2) is 38.4. The van der Waals surface area contributed by atoms with Crippen molar-refractivity contribution in [3.05, 3.63) is 24.3 Å². The minimum atomic E-state index is -0.696. The lowest BCUT2D eigenvalue weighted by molar-refractivity contribution is -0.197. The van der Waals surface area contributed by atoms with Crippen molar-refractivity contribution >= 4 is 35.8 Å². The van der Waals surface area contributed by atoms with Crippen molar-refractivity contribution in [1.29, 1.82) is 0 Å². The van der Waals surface area contributed by atoms with Crippen molar-refractivity contribution in [3.63, 3.8) is 0 Å². The van der Waals surface area contributed by atoms with Crippen molar-refractivity contribution in [1.82, 2.24) is 26.3 Å². The molecule has 1 saturated heterocycles. The largest absolute Gasteiger partial charge is 0.481 e. The van der Waals surface area contributed by atoms with E-state index in [2.05, 4.69) is 59.4 Å².